The summed E-state index contributed by atoms with van der Waals surface area (Å²) in [6.45, 7) is 5.95. The van der Waals surface area contributed by atoms with Crippen LogP contribution in [0.15, 0.2) is 0 Å². The Hall–Kier alpha value is -0.970. The molecule has 1 unspecified atom stereocenters. The summed E-state index contributed by atoms with van der Waals surface area (Å²) in [4.78, 5) is 8.50. The van der Waals surface area contributed by atoms with E-state index in [9.17, 15) is 0 Å². The average Bonchev–Trinajstić information content (AvgIpc) is 2.22. The van der Waals surface area contributed by atoms with E-state index in [1.165, 1.54) is 0 Å². The summed E-state index contributed by atoms with van der Waals surface area (Å²) in [5, 5.41) is 3.38. The first-order chi connectivity index (χ1) is 7.54. The molecule has 90 valence electrons. The highest BCUT2D eigenvalue weighted by atomic mass is 32.2. The molecule has 1 atom stereocenters. The van der Waals surface area contributed by atoms with Crippen molar-refractivity contribution < 1.29 is 0 Å². The van der Waals surface area contributed by atoms with Crippen molar-refractivity contribution in [3.63, 3.8) is 0 Å². The quantitative estimate of drug-likeness (QED) is 0.826. The number of aryl methyl sites for hydroxylation is 1. The van der Waals surface area contributed by atoms with Crippen LogP contribution in [-0.4, -0.2) is 28.0 Å². The van der Waals surface area contributed by atoms with Gasteiger partial charge in [0.1, 0.15) is 17.5 Å². The Balaban J connectivity index is 2.72. The molecule has 1 aromatic heterocycles. The molecule has 0 saturated carbocycles. The number of nitrogens with one attached hydrogen (secondary N) is 1. The molecule has 0 saturated heterocycles. The van der Waals surface area contributed by atoms with Gasteiger partial charge in [-0.25, -0.2) is 9.97 Å². The lowest BCUT2D eigenvalue weighted by atomic mass is 10.2. The van der Waals surface area contributed by atoms with Crippen molar-refractivity contribution in [2.24, 2.45) is 0 Å². The van der Waals surface area contributed by atoms with Crippen molar-refractivity contribution in [3.8, 4) is 0 Å². The molecule has 16 heavy (non-hydrogen) atoms. The highest BCUT2D eigenvalue weighted by Gasteiger charge is 2.09. The lowest BCUT2D eigenvalue weighted by Crippen LogP contribution is -2.18. The van der Waals surface area contributed by atoms with Gasteiger partial charge in [0.05, 0.1) is 0 Å². The van der Waals surface area contributed by atoms with Gasteiger partial charge in [0, 0.05) is 11.6 Å². The summed E-state index contributed by atoms with van der Waals surface area (Å²) < 4.78 is 0. The van der Waals surface area contributed by atoms with Crippen LogP contribution in [0.4, 0.5) is 11.6 Å². The van der Waals surface area contributed by atoms with Crippen LogP contribution in [0.3, 0.4) is 0 Å². The molecule has 0 fully saturated rings. The number of rotatable bonds is 5. The van der Waals surface area contributed by atoms with Crippen LogP contribution >= 0.6 is 11.8 Å². The number of hydrogen-bond donors (Lipinski definition) is 2. The Morgan fingerprint density at radius 3 is 2.69 bits per heavy atom. The zero-order valence-corrected chi connectivity index (χ0v) is 11.2. The number of nitrogen functional groups attached to an aromatic ring is 1. The number of nitrogens with zero attached hydrogens (tertiary/aromatic N) is 2. The summed E-state index contributed by atoms with van der Waals surface area (Å²) >= 11 is 1.85. The van der Waals surface area contributed by atoms with Gasteiger partial charge in [-0.05, 0) is 39.2 Å². The maximum Gasteiger partial charge on any atom is 0.134 e. The van der Waals surface area contributed by atoms with E-state index in [1.807, 2.05) is 25.6 Å². The van der Waals surface area contributed by atoms with Gasteiger partial charge in [0.2, 0.25) is 0 Å². The van der Waals surface area contributed by atoms with Crippen LogP contribution < -0.4 is 11.1 Å². The molecule has 0 spiro atoms. The SMILES string of the molecule is CSCCC(C)Nc1nc(C)nc(N)c1C. The average molecular weight is 240 g/mol. The molecule has 0 aliphatic rings. The van der Waals surface area contributed by atoms with Crippen LogP contribution in [0.2, 0.25) is 0 Å². The zero-order chi connectivity index (χ0) is 12.1. The number of nitrogens with two attached hydrogens (primary N) is 1. The first-order valence-corrected chi connectivity index (χ1v) is 6.80. The molecule has 5 heteroatoms. The largest absolute Gasteiger partial charge is 0.383 e. The number of anilines is 2. The van der Waals surface area contributed by atoms with Crippen LogP contribution in [0.5, 0.6) is 0 Å². The summed E-state index contributed by atoms with van der Waals surface area (Å²) in [5.74, 6) is 3.28. The monoisotopic (exact) mass is 240 g/mol. The Labute approximate surface area is 101 Å². The van der Waals surface area contributed by atoms with E-state index in [0.717, 1.165) is 23.6 Å². The third kappa shape index (κ3) is 3.56. The molecule has 1 aromatic rings. The first kappa shape index (κ1) is 13.1. The van der Waals surface area contributed by atoms with Crippen molar-refractivity contribution in [3.05, 3.63) is 11.4 Å². The van der Waals surface area contributed by atoms with Gasteiger partial charge >= 0.3 is 0 Å². The van der Waals surface area contributed by atoms with E-state index < -0.39 is 0 Å². The molecule has 0 aromatic carbocycles. The first-order valence-electron chi connectivity index (χ1n) is 5.40. The molecular formula is C11H20N4S. The Morgan fingerprint density at radius 2 is 2.06 bits per heavy atom. The minimum Gasteiger partial charge on any atom is -0.383 e. The lowest BCUT2D eigenvalue weighted by molar-refractivity contribution is 0.763. The van der Waals surface area contributed by atoms with Gasteiger partial charge in [0.15, 0.2) is 0 Å². The fourth-order valence-electron chi connectivity index (χ4n) is 1.39. The molecule has 0 aliphatic carbocycles. The fraction of sp³-hybridized carbons (Fsp3) is 0.636. The van der Waals surface area contributed by atoms with Gasteiger partial charge in [-0.2, -0.15) is 11.8 Å². The third-order valence-electron chi connectivity index (χ3n) is 2.43. The second-order valence-corrected chi connectivity index (χ2v) is 4.94. The minimum atomic E-state index is 0.403. The van der Waals surface area contributed by atoms with Gasteiger partial charge in [0.25, 0.3) is 0 Å². The highest BCUT2D eigenvalue weighted by Crippen LogP contribution is 2.18. The minimum absolute atomic E-state index is 0.403. The smallest absolute Gasteiger partial charge is 0.134 e. The molecule has 1 rings (SSSR count). The van der Waals surface area contributed by atoms with Crippen LogP contribution in [0.1, 0.15) is 24.7 Å². The van der Waals surface area contributed by atoms with Crippen LogP contribution in [0.25, 0.3) is 0 Å². The molecule has 4 nitrogen and oxygen atoms in total. The molecule has 1 heterocycles. The summed E-state index contributed by atoms with van der Waals surface area (Å²) in [5.41, 5.74) is 6.73. The maximum absolute atomic E-state index is 5.80. The fourth-order valence-corrected chi connectivity index (χ4v) is 1.98. The van der Waals surface area contributed by atoms with Crippen molar-refractivity contribution in [2.45, 2.75) is 33.2 Å². The highest BCUT2D eigenvalue weighted by molar-refractivity contribution is 7.98. The number of thioether (sulfide) groups is 1. The van der Waals surface area contributed by atoms with Gasteiger partial charge in [-0.1, -0.05) is 0 Å². The summed E-state index contributed by atoms with van der Waals surface area (Å²) in [6, 6.07) is 0.403. The van der Waals surface area contributed by atoms with Gasteiger partial charge in [-0.15, -0.1) is 0 Å². The number of hydrogen-bond acceptors (Lipinski definition) is 5. The Kier molecular flexibility index (Phi) is 4.86. The Morgan fingerprint density at radius 1 is 1.38 bits per heavy atom. The topological polar surface area (TPSA) is 63.8 Å². The lowest BCUT2D eigenvalue weighted by Gasteiger charge is -2.16. The van der Waals surface area contributed by atoms with E-state index >= 15 is 0 Å². The Bertz CT molecular complexity index is 354. The molecule has 0 bridgehead atoms. The van der Waals surface area contributed by atoms with Crippen LogP contribution in [0, 0.1) is 13.8 Å². The van der Waals surface area contributed by atoms with Crippen molar-refractivity contribution in [1.82, 2.24) is 9.97 Å². The van der Waals surface area contributed by atoms with Crippen molar-refractivity contribution >= 4 is 23.4 Å². The van der Waals surface area contributed by atoms with E-state index in [-0.39, 0.29) is 0 Å². The molecular weight excluding hydrogens is 220 g/mol. The van der Waals surface area contributed by atoms with Crippen molar-refractivity contribution in [2.75, 3.05) is 23.1 Å². The second-order valence-electron chi connectivity index (χ2n) is 3.96. The van der Waals surface area contributed by atoms with E-state index in [4.69, 9.17) is 5.73 Å². The normalized spacial score (nSPS) is 12.5. The summed E-state index contributed by atoms with van der Waals surface area (Å²) in [6.07, 6.45) is 3.23. The van der Waals surface area contributed by atoms with Gasteiger partial charge < -0.3 is 11.1 Å². The predicted molar refractivity (Wildman–Crippen MR) is 72.0 cm³/mol. The standard InChI is InChI=1S/C11H20N4S/c1-7(5-6-16-4)13-11-8(2)10(12)14-9(3)15-11/h7H,5-6H2,1-4H3,(H3,12,13,14,15). The third-order valence-corrected chi connectivity index (χ3v) is 3.08. The zero-order valence-electron chi connectivity index (χ0n) is 10.4. The molecule has 0 amide bonds. The van der Waals surface area contributed by atoms with E-state index in [2.05, 4.69) is 28.5 Å². The second kappa shape index (κ2) is 5.94. The summed E-state index contributed by atoms with van der Waals surface area (Å²) in [7, 11) is 0. The molecule has 0 radical (unpaired) electrons. The van der Waals surface area contributed by atoms with E-state index in [0.29, 0.717) is 17.7 Å². The molecule has 3 N–H and O–H groups in total. The predicted octanol–water partition coefficient (Wildman–Crippen LogP) is 2.23. The van der Waals surface area contributed by atoms with Crippen molar-refractivity contribution in [1.29, 1.82) is 0 Å². The van der Waals surface area contributed by atoms with Crippen LogP contribution in [-0.2, 0) is 0 Å². The maximum atomic E-state index is 5.80. The number of aromatic nitrogens is 2. The molecule has 0 aliphatic heterocycles. The van der Waals surface area contributed by atoms with Gasteiger partial charge in [-0.3, -0.25) is 0 Å². The van der Waals surface area contributed by atoms with E-state index in [1.54, 1.807) is 0 Å².